The van der Waals surface area contributed by atoms with E-state index in [-0.39, 0.29) is 23.9 Å². The average molecular weight is 464 g/mol. The first-order chi connectivity index (χ1) is 14.5. The van der Waals surface area contributed by atoms with Gasteiger partial charge in [0.15, 0.2) is 0 Å². The van der Waals surface area contributed by atoms with Crippen molar-refractivity contribution in [1.29, 1.82) is 0 Å². The quantitative estimate of drug-likeness (QED) is 0.560. The molecular weight excluding hydrogens is 442 g/mol. The molecule has 1 amide bonds. The lowest BCUT2D eigenvalue weighted by Gasteiger charge is -2.33. The van der Waals surface area contributed by atoms with Crippen LogP contribution in [0.15, 0.2) is 52.9 Å². The molecule has 0 atom stereocenters. The standard InChI is InChI=1S/C20H21N3O4S3/c1-2-27-15-5-7-16(8-6-15)30(25,26)23-11-9-22(10-12-23)20(24)18-14-21-19(29-18)17-4-3-13-28-17/h3-8,13-14H,2,9-12H2,1H3. The highest BCUT2D eigenvalue weighted by Gasteiger charge is 2.31. The van der Waals surface area contributed by atoms with Crippen LogP contribution in [-0.2, 0) is 10.0 Å². The minimum atomic E-state index is -3.60. The van der Waals surface area contributed by atoms with Crippen molar-refractivity contribution in [1.82, 2.24) is 14.2 Å². The molecule has 0 radical (unpaired) electrons. The lowest BCUT2D eigenvalue weighted by Crippen LogP contribution is -2.50. The van der Waals surface area contributed by atoms with Gasteiger partial charge in [0.1, 0.15) is 15.6 Å². The fourth-order valence-electron chi connectivity index (χ4n) is 3.20. The van der Waals surface area contributed by atoms with E-state index in [0.29, 0.717) is 30.3 Å². The van der Waals surface area contributed by atoms with Gasteiger partial charge < -0.3 is 9.64 Å². The number of amides is 1. The van der Waals surface area contributed by atoms with Crippen LogP contribution in [0.1, 0.15) is 16.6 Å². The molecule has 1 fully saturated rings. The van der Waals surface area contributed by atoms with Gasteiger partial charge in [0.2, 0.25) is 10.0 Å². The highest BCUT2D eigenvalue weighted by molar-refractivity contribution is 7.89. The van der Waals surface area contributed by atoms with Gasteiger partial charge in [0.05, 0.1) is 22.6 Å². The van der Waals surface area contributed by atoms with E-state index in [1.807, 2.05) is 24.4 Å². The number of hydrogen-bond donors (Lipinski definition) is 0. The van der Waals surface area contributed by atoms with E-state index in [9.17, 15) is 13.2 Å². The summed E-state index contributed by atoms with van der Waals surface area (Å²) in [5.41, 5.74) is 0. The molecule has 4 rings (SSSR count). The number of hydrogen-bond acceptors (Lipinski definition) is 7. The molecule has 0 saturated carbocycles. The van der Waals surface area contributed by atoms with Crippen molar-refractivity contribution < 1.29 is 17.9 Å². The second kappa shape index (κ2) is 8.84. The zero-order valence-corrected chi connectivity index (χ0v) is 18.8. The van der Waals surface area contributed by atoms with Crippen LogP contribution in [0.4, 0.5) is 0 Å². The number of nitrogens with zero attached hydrogens (tertiary/aromatic N) is 3. The molecular formula is C20H21N3O4S3. The zero-order valence-electron chi connectivity index (χ0n) is 16.4. The Kier molecular flexibility index (Phi) is 6.19. The van der Waals surface area contributed by atoms with Gasteiger partial charge in [-0.15, -0.1) is 22.7 Å². The van der Waals surface area contributed by atoms with E-state index < -0.39 is 10.0 Å². The Bertz CT molecular complexity index is 1100. The largest absolute Gasteiger partial charge is 0.494 e. The Morgan fingerprint density at radius 3 is 2.50 bits per heavy atom. The van der Waals surface area contributed by atoms with Gasteiger partial charge in [0.25, 0.3) is 5.91 Å². The first-order valence-electron chi connectivity index (χ1n) is 9.51. The lowest BCUT2D eigenvalue weighted by molar-refractivity contribution is 0.0702. The summed E-state index contributed by atoms with van der Waals surface area (Å²) >= 11 is 2.95. The van der Waals surface area contributed by atoms with Gasteiger partial charge in [-0.05, 0) is 42.6 Å². The maximum atomic E-state index is 12.9. The summed E-state index contributed by atoms with van der Waals surface area (Å²) < 4.78 is 32.6. The Hall–Kier alpha value is -2.27. The predicted molar refractivity (Wildman–Crippen MR) is 118 cm³/mol. The number of piperazine rings is 1. The molecule has 0 N–H and O–H groups in total. The number of rotatable bonds is 6. The number of sulfonamides is 1. The van der Waals surface area contributed by atoms with Gasteiger partial charge in [-0.2, -0.15) is 4.31 Å². The molecule has 0 unspecified atom stereocenters. The Morgan fingerprint density at radius 1 is 1.13 bits per heavy atom. The third kappa shape index (κ3) is 4.27. The van der Waals surface area contributed by atoms with Gasteiger partial charge in [0, 0.05) is 26.2 Å². The average Bonchev–Trinajstić information content (AvgIpc) is 3.46. The van der Waals surface area contributed by atoms with E-state index in [1.54, 1.807) is 46.7 Å². The van der Waals surface area contributed by atoms with Crippen molar-refractivity contribution in [2.24, 2.45) is 0 Å². The summed E-state index contributed by atoms with van der Waals surface area (Å²) in [6, 6.07) is 10.4. The second-order valence-electron chi connectivity index (χ2n) is 6.61. The molecule has 7 nitrogen and oxygen atoms in total. The molecule has 1 aliphatic heterocycles. The Morgan fingerprint density at radius 2 is 1.87 bits per heavy atom. The lowest BCUT2D eigenvalue weighted by atomic mass is 10.3. The molecule has 3 heterocycles. The smallest absolute Gasteiger partial charge is 0.265 e. The number of aromatic nitrogens is 1. The topological polar surface area (TPSA) is 79.8 Å². The summed E-state index contributed by atoms with van der Waals surface area (Å²) in [6.07, 6.45) is 1.60. The molecule has 3 aromatic rings. The summed E-state index contributed by atoms with van der Waals surface area (Å²) in [7, 11) is -3.60. The minimum absolute atomic E-state index is 0.103. The van der Waals surface area contributed by atoms with E-state index >= 15 is 0 Å². The Balaban J connectivity index is 1.40. The van der Waals surface area contributed by atoms with E-state index in [1.165, 1.54) is 15.6 Å². The summed E-state index contributed by atoms with van der Waals surface area (Å²) in [4.78, 5) is 20.7. The van der Waals surface area contributed by atoms with Crippen LogP contribution in [0.3, 0.4) is 0 Å². The van der Waals surface area contributed by atoms with Crippen molar-refractivity contribution in [3.63, 3.8) is 0 Å². The zero-order chi connectivity index (χ0) is 21.1. The number of carbonyl (C=O) groups is 1. The number of ether oxygens (including phenoxy) is 1. The highest BCUT2D eigenvalue weighted by Crippen LogP contribution is 2.30. The number of carbonyl (C=O) groups excluding carboxylic acids is 1. The first-order valence-corrected chi connectivity index (χ1v) is 12.6. The van der Waals surface area contributed by atoms with Crippen LogP contribution in [0.25, 0.3) is 9.88 Å². The predicted octanol–water partition coefficient (Wildman–Crippen LogP) is 3.42. The molecule has 0 bridgehead atoms. The third-order valence-electron chi connectivity index (χ3n) is 4.75. The van der Waals surface area contributed by atoms with Gasteiger partial charge in [-0.25, -0.2) is 13.4 Å². The maximum absolute atomic E-state index is 12.9. The highest BCUT2D eigenvalue weighted by atomic mass is 32.2. The van der Waals surface area contributed by atoms with Gasteiger partial charge in [-0.1, -0.05) is 6.07 Å². The first kappa shape index (κ1) is 21.0. The van der Waals surface area contributed by atoms with Crippen molar-refractivity contribution in [2.75, 3.05) is 32.8 Å². The van der Waals surface area contributed by atoms with Crippen LogP contribution in [0.5, 0.6) is 5.75 Å². The molecule has 1 saturated heterocycles. The van der Waals surface area contributed by atoms with Crippen molar-refractivity contribution in [3.05, 3.63) is 52.9 Å². The maximum Gasteiger partial charge on any atom is 0.265 e. The molecule has 158 valence electrons. The van der Waals surface area contributed by atoms with E-state index in [0.717, 1.165) is 9.88 Å². The van der Waals surface area contributed by atoms with Crippen LogP contribution in [-0.4, -0.2) is 61.3 Å². The second-order valence-corrected chi connectivity index (χ2v) is 10.5. The van der Waals surface area contributed by atoms with Crippen LogP contribution in [0, 0.1) is 0 Å². The molecule has 1 aliphatic rings. The van der Waals surface area contributed by atoms with Crippen LogP contribution >= 0.6 is 22.7 Å². The van der Waals surface area contributed by atoms with E-state index in [4.69, 9.17) is 4.74 Å². The molecule has 0 spiro atoms. The Labute approximate surface area is 183 Å². The van der Waals surface area contributed by atoms with Crippen molar-refractivity contribution in [2.45, 2.75) is 11.8 Å². The molecule has 0 aliphatic carbocycles. The summed E-state index contributed by atoms with van der Waals surface area (Å²) in [5.74, 6) is 0.534. The number of benzene rings is 1. The fourth-order valence-corrected chi connectivity index (χ4v) is 6.31. The SMILES string of the molecule is CCOc1ccc(S(=O)(=O)N2CCN(C(=O)c3cnc(-c4cccs4)s3)CC2)cc1. The van der Waals surface area contributed by atoms with Crippen molar-refractivity contribution in [3.8, 4) is 15.6 Å². The third-order valence-corrected chi connectivity index (χ3v) is 8.68. The summed E-state index contributed by atoms with van der Waals surface area (Å²) in [5, 5.41) is 2.80. The fraction of sp³-hybridized carbons (Fsp3) is 0.300. The molecule has 10 heteroatoms. The van der Waals surface area contributed by atoms with Gasteiger partial charge >= 0.3 is 0 Å². The normalized spacial score (nSPS) is 15.3. The molecule has 1 aromatic carbocycles. The van der Waals surface area contributed by atoms with Crippen LogP contribution < -0.4 is 4.74 Å². The van der Waals surface area contributed by atoms with Gasteiger partial charge in [-0.3, -0.25) is 4.79 Å². The molecule has 2 aromatic heterocycles. The van der Waals surface area contributed by atoms with Crippen molar-refractivity contribution >= 4 is 38.6 Å². The number of thiophene rings is 1. The van der Waals surface area contributed by atoms with E-state index in [2.05, 4.69) is 4.98 Å². The summed E-state index contributed by atoms with van der Waals surface area (Å²) in [6.45, 7) is 3.62. The molecule has 30 heavy (non-hydrogen) atoms. The van der Waals surface area contributed by atoms with Crippen LogP contribution in [0.2, 0.25) is 0 Å². The number of thiazole rings is 1. The monoisotopic (exact) mass is 463 g/mol. The minimum Gasteiger partial charge on any atom is -0.494 e.